The molecule has 1 heterocycles. The van der Waals surface area contributed by atoms with Crippen molar-refractivity contribution < 1.29 is 0 Å². The van der Waals surface area contributed by atoms with E-state index in [1.807, 2.05) is 6.20 Å². The van der Waals surface area contributed by atoms with E-state index in [-0.39, 0.29) is 5.41 Å². The van der Waals surface area contributed by atoms with Crippen LogP contribution in [0.15, 0.2) is 48.2 Å². The Balaban J connectivity index is 2.27. The zero-order valence-electron chi connectivity index (χ0n) is 9.66. The predicted octanol–water partition coefficient (Wildman–Crippen LogP) is 3.28. The van der Waals surface area contributed by atoms with E-state index in [0.717, 1.165) is 19.5 Å². The molecule has 2 rings (SSSR count). The fraction of sp³-hybridized carbons (Fsp3) is 0.429. The quantitative estimate of drug-likeness (QED) is 0.629. The van der Waals surface area contributed by atoms with Crippen LogP contribution in [0.3, 0.4) is 0 Å². The molecule has 0 bridgehead atoms. The van der Waals surface area contributed by atoms with E-state index >= 15 is 0 Å². The average molecular weight is 201 g/mol. The van der Waals surface area contributed by atoms with Crippen LogP contribution in [0.5, 0.6) is 0 Å². The first-order valence-electron chi connectivity index (χ1n) is 5.58. The summed E-state index contributed by atoms with van der Waals surface area (Å²) in [6.07, 6.45) is 12.3. The first-order chi connectivity index (χ1) is 7.11. The molecule has 0 saturated heterocycles. The predicted molar refractivity (Wildman–Crippen MR) is 65.5 cm³/mol. The molecule has 0 aromatic heterocycles. The summed E-state index contributed by atoms with van der Waals surface area (Å²) in [6.45, 7) is 10.4. The molecule has 1 aliphatic heterocycles. The largest absolute Gasteiger partial charge is 0.373 e. The molecule has 0 aromatic carbocycles. The summed E-state index contributed by atoms with van der Waals surface area (Å²) in [4.78, 5) is 2.27. The number of nitrogens with zero attached hydrogens (tertiary/aromatic N) is 1. The van der Waals surface area contributed by atoms with Gasteiger partial charge in [-0.1, -0.05) is 44.7 Å². The van der Waals surface area contributed by atoms with Crippen molar-refractivity contribution in [1.29, 1.82) is 0 Å². The van der Waals surface area contributed by atoms with Crippen molar-refractivity contribution in [3.63, 3.8) is 0 Å². The van der Waals surface area contributed by atoms with Gasteiger partial charge in [0.2, 0.25) is 0 Å². The molecule has 0 unspecified atom stereocenters. The summed E-state index contributed by atoms with van der Waals surface area (Å²) in [5.74, 6) is 0. The van der Waals surface area contributed by atoms with Gasteiger partial charge in [0.25, 0.3) is 0 Å². The van der Waals surface area contributed by atoms with Crippen LogP contribution in [0.2, 0.25) is 0 Å². The molecule has 0 radical (unpaired) electrons. The SMILES string of the molecule is C=CN1CCC2=C(C=CC(C)(C)C=C2)C1. The second-order valence-corrected chi connectivity index (χ2v) is 4.94. The van der Waals surface area contributed by atoms with Crippen LogP contribution in [-0.2, 0) is 0 Å². The monoisotopic (exact) mass is 201 g/mol. The summed E-state index contributed by atoms with van der Waals surface area (Å²) in [7, 11) is 0. The number of rotatable bonds is 1. The van der Waals surface area contributed by atoms with Gasteiger partial charge in [0, 0.05) is 18.5 Å². The Kier molecular flexibility index (Phi) is 2.56. The molecule has 0 aromatic rings. The highest BCUT2D eigenvalue weighted by Crippen LogP contribution is 2.29. The van der Waals surface area contributed by atoms with Crippen LogP contribution < -0.4 is 0 Å². The third-order valence-electron chi connectivity index (χ3n) is 3.14. The van der Waals surface area contributed by atoms with Crippen LogP contribution in [0.25, 0.3) is 0 Å². The van der Waals surface area contributed by atoms with E-state index in [9.17, 15) is 0 Å². The molecule has 0 fully saturated rings. The topological polar surface area (TPSA) is 3.24 Å². The smallest absolute Gasteiger partial charge is 0.0426 e. The average Bonchev–Trinajstić information content (AvgIpc) is 2.38. The summed E-state index contributed by atoms with van der Waals surface area (Å²) in [5.41, 5.74) is 3.13. The lowest BCUT2D eigenvalue weighted by Crippen LogP contribution is -2.25. The van der Waals surface area contributed by atoms with E-state index < -0.39 is 0 Å². The molecule has 1 heteroatoms. The van der Waals surface area contributed by atoms with Crippen molar-refractivity contribution >= 4 is 0 Å². The fourth-order valence-corrected chi connectivity index (χ4v) is 2.02. The summed E-state index contributed by atoms with van der Waals surface area (Å²) in [5, 5.41) is 0. The van der Waals surface area contributed by atoms with Gasteiger partial charge in [-0.25, -0.2) is 0 Å². The Hall–Kier alpha value is -1.24. The van der Waals surface area contributed by atoms with Gasteiger partial charge in [-0.05, 0) is 23.8 Å². The molecule has 0 spiro atoms. The molecule has 0 atom stereocenters. The zero-order chi connectivity index (χ0) is 10.9. The minimum Gasteiger partial charge on any atom is -0.373 e. The summed E-state index contributed by atoms with van der Waals surface area (Å²) in [6, 6.07) is 0. The Bertz CT molecular complexity index is 356. The molecule has 1 aliphatic carbocycles. The van der Waals surface area contributed by atoms with Crippen LogP contribution in [0, 0.1) is 5.41 Å². The van der Waals surface area contributed by atoms with Gasteiger partial charge in [-0.3, -0.25) is 0 Å². The Morgan fingerprint density at radius 3 is 2.60 bits per heavy atom. The standard InChI is InChI=1S/C14H19N/c1-4-15-10-7-12-5-8-14(2,3)9-6-13(12)11-15/h4-6,8-9H,1,7,10-11H2,2-3H3. The van der Waals surface area contributed by atoms with Gasteiger partial charge >= 0.3 is 0 Å². The maximum Gasteiger partial charge on any atom is 0.0426 e. The minimum atomic E-state index is 0.191. The Morgan fingerprint density at radius 1 is 1.27 bits per heavy atom. The van der Waals surface area contributed by atoms with Gasteiger partial charge in [-0.2, -0.15) is 0 Å². The van der Waals surface area contributed by atoms with Crippen molar-refractivity contribution in [3.05, 3.63) is 48.2 Å². The second kappa shape index (κ2) is 3.73. The Labute approximate surface area is 92.5 Å². The van der Waals surface area contributed by atoms with Gasteiger partial charge in [0.05, 0.1) is 0 Å². The number of hydrogen-bond acceptors (Lipinski definition) is 1. The highest BCUT2D eigenvalue weighted by Gasteiger charge is 2.18. The van der Waals surface area contributed by atoms with Gasteiger partial charge < -0.3 is 4.90 Å². The third kappa shape index (κ3) is 2.23. The minimum absolute atomic E-state index is 0.191. The maximum absolute atomic E-state index is 3.84. The van der Waals surface area contributed by atoms with E-state index in [0.29, 0.717) is 0 Å². The molecular weight excluding hydrogens is 182 g/mol. The first-order valence-corrected chi connectivity index (χ1v) is 5.58. The lowest BCUT2D eigenvalue weighted by molar-refractivity contribution is 0.397. The van der Waals surface area contributed by atoms with Gasteiger partial charge in [0.15, 0.2) is 0 Å². The molecule has 15 heavy (non-hydrogen) atoms. The van der Waals surface area contributed by atoms with Crippen molar-refractivity contribution in [2.24, 2.45) is 5.41 Å². The highest BCUT2D eigenvalue weighted by molar-refractivity contribution is 5.40. The van der Waals surface area contributed by atoms with E-state index in [4.69, 9.17) is 0 Å². The molecule has 1 nitrogen and oxygen atoms in total. The molecule has 0 saturated carbocycles. The van der Waals surface area contributed by atoms with Crippen LogP contribution >= 0.6 is 0 Å². The zero-order valence-corrected chi connectivity index (χ0v) is 9.66. The molecular formula is C14H19N. The van der Waals surface area contributed by atoms with Crippen molar-refractivity contribution in [3.8, 4) is 0 Å². The molecule has 0 amide bonds. The van der Waals surface area contributed by atoms with Crippen molar-refractivity contribution in [2.75, 3.05) is 13.1 Å². The first kappa shape index (κ1) is 10.3. The summed E-state index contributed by atoms with van der Waals surface area (Å²) < 4.78 is 0. The normalized spacial score (nSPS) is 23.7. The van der Waals surface area contributed by atoms with Crippen molar-refractivity contribution in [2.45, 2.75) is 20.3 Å². The van der Waals surface area contributed by atoms with Gasteiger partial charge in [-0.15, -0.1) is 0 Å². The second-order valence-electron chi connectivity index (χ2n) is 4.94. The van der Waals surface area contributed by atoms with Crippen molar-refractivity contribution in [1.82, 2.24) is 4.90 Å². The van der Waals surface area contributed by atoms with E-state index in [2.05, 4.69) is 49.6 Å². The highest BCUT2D eigenvalue weighted by atomic mass is 15.1. The van der Waals surface area contributed by atoms with Crippen LogP contribution in [-0.4, -0.2) is 18.0 Å². The fourth-order valence-electron chi connectivity index (χ4n) is 2.02. The third-order valence-corrected chi connectivity index (χ3v) is 3.14. The Morgan fingerprint density at radius 2 is 1.93 bits per heavy atom. The lowest BCUT2D eigenvalue weighted by Gasteiger charge is -2.27. The van der Waals surface area contributed by atoms with Crippen LogP contribution in [0.4, 0.5) is 0 Å². The lowest BCUT2D eigenvalue weighted by atomic mass is 9.93. The van der Waals surface area contributed by atoms with E-state index in [1.165, 1.54) is 11.1 Å². The molecule has 2 aliphatic rings. The molecule has 80 valence electrons. The maximum atomic E-state index is 3.84. The molecule has 0 N–H and O–H groups in total. The van der Waals surface area contributed by atoms with Crippen LogP contribution in [0.1, 0.15) is 20.3 Å². The van der Waals surface area contributed by atoms with Gasteiger partial charge in [0.1, 0.15) is 0 Å². The van der Waals surface area contributed by atoms with E-state index in [1.54, 1.807) is 0 Å². The summed E-state index contributed by atoms with van der Waals surface area (Å²) >= 11 is 0. The number of allylic oxidation sites excluding steroid dienone is 3. The number of hydrogen-bond donors (Lipinski definition) is 0.